The van der Waals surface area contributed by atoms with Crippen LogP contribution in [0.15, 0.2) is 78.9 Å². The second-order valence-electron chi connectivity index (χ2n) is 6.69. The highest BCUT2D eigenvalue weighted by Crippen LogP contribution is 2.29. The van der Waals surface area contributed by atoms with E-state index in [4.69, 9.17) is 4.98 Å². The van der Waals surface area contributed by atoms with Crippen LogP contribution in [0.2, 0.25) is 0 Å². The predicted molar refractivity (Wildman–Crippen MR) is 109 cm³/mol. The zero-order valence-corrected chi connectivity index (χ0v) is 15.4. The molecule has 4 rings (SSSR count). The summed E-state index contributed by atoms with van der Waals surface area (Å²) in [7, 11) is 0. The number of aromatic nitrogens is 1. The van der Waals surface area contributed by atoms with Gasteiger partial charge in [-0.2, -0.15) is 0 Å². The van der Waals surface area contributed by atoms with E-state index < -0.39 is 0 Å². The van der Waals surface area contributed by atoms with Crippen molar-refractivity contribution in [2.45, 2.75) is 13.5 Å². The van der Waals surface area contributed by atoms with Crippen molar-refractivity contribution in [1.82, 2.24) is 10.3 Å². The van der Waals surface area contributed by atoms with E-state index in [2.05, 4.69) is 5.32 Å². The van der Waals surface area contributed by atoms with E-state index in [0.717, 1.165) is 33.3 Å². The molecule has 0 radical (unpaired) electrons. The standard InChI is InChI=1S/C24H19FN2O/c1-16-14-22(24(28)26-15-17-10-12-19(25)13-11-17)21-9-5-8-20(23(21)27-16)18-6-3-2-4-7-18/h2-14H,15H2,1H3,(H,26,28). The Hall–Kier alpha value is -3.53. The highest BCUT2D eigenvalue weighted by Gasteiger charge is 2.14. The lowest BCUT2D eigenvalue weighted by atomic mass is 9.98. The number of nitrogens with zero attached hydrogens (tertiary/aromatic N) is 1. The summed E-state index contributed by atoms with van der Waals surface area (Å²) in [5.74, 6) is -0.468. The van der Waals surface area contributed by atoms with Crippen LogP contribution in [0.4, 0.5) is 4.39 Å². The number of amides is 1. The largest absolute Gasteiger partial charge is 0.348 e. The van der Waals surface area contributed by atoms with Gasteiger partial charge in [-0.05, 0) is 36.2 Å². The van der Waals surface area contributed by atoms with Crippen molar-refractivity contribution < 1.29 is 9.18 Å². The highest BCUT2D eigenvalue weighted by molar-refractivity contribution is 6.09. The van der Waals surface area contributed by atoms with E-state index in [9.17, 15) is 9.18 Å². The van der Waals surface area contributed by atoms with Gasteiger partial charge in [0.05, 0.1) is 11.1 Å². The SMILES string of the molecule is Cc1cc(C(=O)NCc2ccc(F)cc2)c2cccc(-c3ccccc3)c2n1. The lowest BCUT2D eigenvalue weighted by molar-refractivity contribution is 0.0952. The zero-order valence-electron chi connectivity index (χ0n) is 15.4. The highest BCUT2D eigenvalue weighted by atomic mass is 19.1. The molecule has 0 aliphatic carbocycles. The molecule has 0 fully saturated rings. The normalized spacial score (nSPS) is 10.8. The Morgan fingerprint density at radius 2 is 1.71 bits per heavy atom. The molecule has 138 valence electrons. The van der Waals surface area contributed by atoms with Crippen LogP contribution < -0.4 is 5.32 Å². The molecule has 28 heavy (non-hydrogen) atoms. The fourth-order valence-corrected chi connectivity index (χ4v) is 3.29. The fourth-order valence-electron chi connectivity index (χ4n) is 3.29. The van der Waals surface area contributed by atoms with E-state index in [-0.39, 0.29) is 11.7 Å². The molecule has 3 aromatic carbocycles. The Kier molecular flexibility index (Phi) is 4.85. The summed E-state index contributed by atoms with van der Waals surface area (Å²) in [4.78, 5) is 17.6. The first-order valence-electron chi connectivity index (χ1n) is 9.10. The number of halogens is 1. The van der Waals surface area contributed by atoms with Gasteiger partial charge in [-0.3, -0.25) is 9.78 Å². The summed E-state index contributed by atoms with van der Waals surface area (Å²) >= 11 is 0. The van der Waals surface area contributed by atoms with E-state index in [1.807, 2.05) is 55.5 Å². The molecule has 1 heterocycles. The lowest BCUT2D eigenvalue weighted by Crippen LogP contribution is -2.23. The predicted octanol–water partition coefficient (Wildman–Crippen LogP) is 5.28. The Morgan fingerprint density at radius 1 is 0.964 bits per heavy atom. The third-order valence-corrected chi connectivity index (χ3v) is 4.66. The molecule has 0 saturated carbocycles. The molecule has 0 saturated heterocycles. The number of pyridine rings is 1. The van der Waals surface area contributed by atoms with Crippen molar-refractivity contribution in [2.24, 2.45) is 0 Å². The molecule has 0 aliphatic rings. The summed E-state index contributed by atoms with van der Waals surface area (Å²) in [6.07, 6.45) is 0. The third-order valence-electron chi connectivity index (χ3n) is 4.66. The van der Waals surface area contributed by atoms with Gasteiger partial charge in [-0.25, -0.2) is 4.39 Å². The summed E-state index contributed by atoms with van der Waals surface area (Å²) < 4.78 is 13.1. The lowest BCUT2D eigenvalue weighted by Gasteiger charge is -2.12. The molecular formula is C24H19FN2O. The molecule has 1 N–H and O–H groups in total. The number of hydrogen-bond donors (Lipinski definition) is 1. The van der Waals surface area contributed by atoms with Crippen LogP contribution >= 0.6 is 0 Å². The number of rotatable bonds is 4. The second kappa shape index (κ2) is 7.61. The van der Waals surface area contributed by atoms with Gasteiger partial charge in [0.25, 0.3) is 5.91 Å². The second-order valence-corrected chi connectivity index (χ2v) is 6.69. The molecule has 1 aromatic heterocycles. The number of fused-ring (bicyclic) bond motifs is 1. The Bertz CT molecular complexity index is 1140. The average molecular weight is 370 g/mol. The molecular weight excluding hydrogens is 351 g/mol. The minimum absolute atomic E-state index is 0.176. The number of nitrogens with one attached hydrogen (secondary N) is 1. The van der Waals surface area contributed by atoms with Gasteiger partial charge in [-0.1, -0.05) is 60.7 Å². The maximum atomic E-state index is 13.1. The van der Waals surface area contributed by atoms with Crippen LogP contribution in [0.1, 0.15) is 21.6 Å². The summed E-state index contributed by atoms with van der Waals surface area (Å²) in [5.41, 5.74) is 5.07. The van der Waals surface area contributed by atoms with Gasteiger partial charge in [0.15, 0.2) is 0 Å². The average Bonchev–Trinajstić information content (AvgIpc) is 2.72. The quantitative estimate of drug-likeness (QED) is 0.531. The van der Waals surface area contributed by atoms with Gasteiger partial charge in [-0.15, -0.1) is 0 Å². The number of carbonyl (C=O) groups is 1. The van der Waals surface area contributed by atoms with E-state index in [1.165, 1.54) is 12.1 Å². The van der Waals surface area contributed by atoms with Crippen molar-refractivity contribution in [3.05, 3.63) is 102 Å². The molecule has 0 spiro atoms. The van der Waals surface area contributed by atoms with Gasteiger partial charge < -0.3 is 5.32 Å². The summed E-state index contributed by atoms with van der Waals surface area (Å²) in [6, 6.07) is 23.8. The van der Waals surface area contributed by atoms with Crippen molar-refractivity contribution >= 4 is 16.8 Å². The van der Waals surface area contributed by atoms with Crippen molar-refractivity contribution in [3.8, 4) is 11.1 Å². The smallest absolute Gasteiger partial charge is 0.252 e. The maximum Gasteiger partial charge on any atom is 0.252 e. The number of aryl methyl sites for hydroxylation is 1. The first-order chi connectivity index (χ1) is 13.6. The Morgan fingerprint density at radius 3 is 2.46 bits per heavy atom. The number of benzene rings is 3. The summed E-state index contributed by atoms with van der Waals surface area (Å²) in [6.45, 7) is 2.22. The van der Waals surface area contributed by atoms with Crippen LogP contribution in [0.5, 0.6) is 0 Å². The molecule has 4 heteroatoms. The van der Waals surface area contributed by atoms with Crippen LogP contribution in [0, 0.1) is 12.7 Å². The van der Waals surface area contributed by atoms with E-state index in [0.29, 0.717) is 12.1 Å². The number of para-hydroxylation sites is 1. The monoisotopic (exact) mass is 370 g/mol. The molecule has 4 aromatic rings. The van der Waals surface area contributed by atoms with Crippen molar-refractivity contribution in [2.75, 3.05) is 0 Å². The maximum absolute atomic E-state index is 13.1. The van der Waals surface area contributed by atoms with Gasteiger partial charge in [0.2, 0.25) is 0 Å². The fraction of sp³-hybridized carbons (Fsp3) is 0.0833. The van der Waals surface area contributed by atoms with E-state index in [1.54, 1.807) is 18.2 Å². The molecule has 0 unspecified atom stereocenters. The van der Waals surface area contributed by atoms with Gasteiger partial charge in [0.1, 0.15) is 5.82 Å². The molecule has 0 bridgehead atoms. The Balaban J connectivity index is 1.71. The molecule has 3 nitrogen and oxygen atoms in total. The van der Waals surface area contributed by atoms with Gasteiger partial charge >= 0.3 is 0 Å². The van der Waals surface area contributed by atoms with Crippen LogP contribution in [0.3, 0.4) is 0 Å². The number of hydrogen-bond acceptors (Lipinski definition) is 2. The first-order valence-corrected chi connectivity index (χ1v) is 9.10. The molecule has 0 aliphatic heterocycles. The van der Waals surface area contributed by atoms with Crippen molar-refractivity contribution in [3.63, 3.8) is 0 Å². The van der Waals surface area contributed by atoms with Crippen LogP contribution in [-0.4, -0.2) is 10.9 Å². The van der Waals surface area contributed by atoms with E-state index >= 15 is 0 Å². The van der Waals surface area contributed by atoms with Crippen molar-refractivity contribution in [1.29, 1.82) is 0 Å². The molecule has 0 atom stereocenters. The van der Waals surface area contributed by atoms with Crippen LogP contribution in [-0.2, 0) is 6.54 Å². The summed E-state index contributed by atoms with van der Waals surface area (Å²) in [5, 5.41) is 3.73. The van der Waals surface area contributed by atoms with Crippen LogP contribution in [0.25, 0.3) is 22.0 Å². The van der Waals surface area contributed by atoms with Gasteiger partial charge in [0, 0.05) is 23.2 Å². The zero-order chi connectivity index (χ0) is 19.5. The molecule has 1 amide bonds. The minimum Gasteiger partial charge on any atom is -0.348 e. The topological polar surface area (TPSA) is 42.0 Å². The third kappa shape index (κ3) is 3.62. The Labute approximate surface area is 162 Å². The minimum atomic E-state index is -0.292. The number of carbonyl (C=O) groups excluding carboxylic acids is 1. The first kappa shape index (κ1) is 17.9.